The molecule has 98 valence electrons. The van der Waals surface area contributed by atoms with Crippen molar-refractivity contribution >= 4 is 11.6 Å². The number of hydrogen-bond donors (Lipinski definition) is 1. The van der Waals surface area contributed by atoms with Crippen LogP contribution in [0.5, 0.6) is 0 Å². The van der Waals surface area contributed by atoms with Crippen LogP contribution in [0.2, 0.25) is 0 Å². The van der Waals surface area contributed by atoms with Crippen molar-refractivity contribution in [1.82, 2.24) is 9.80 Å². The van der Waals surface area contributed by atoms with Crippen molar-refractivity contribution in [1.29, 1.82) is 0 Å². The van der Waals surface area contributed by atoms with Crippen molar-refractivity contribution in [2.24, 2.45) is 0 Å². The summed E-state index contributed by atoms with van der Waals surface area (Å²) in [6, 6.07) is 7.70. The molecule has 1 amide bonds. The Bertz CT molecular complexity index is 406. The first-order valence-corrected chi connectivity index (χ1v) is 6.47. The topological polar surface area (TPSA) is 49.6 Å². The highest BCUT2D eigenvalue weighted by atomic mass is 16.2. The molecular weight excluding hydrogens is 226 g/mol. The van der Waals surface area contributed by atoms with Crippen LogP contribution in [0.15, 0.2) is 24.3 Å². The Hall–Kier alpha value is -1.55. The number of piperazine rings is 1. The molecule has 2 rings (SSSR count). The summed E-state index contributed by atoms with van der Waals surface area (Å²) >= 11 is 0. The van der Waals surface area contributed by atoms with Crippen LogP contribution in [-0.4, -0.2) is 47.9 Å². The second kappa shape index (κ2) is 5.40. The smallest absolute Gasteiger partial charge is 0.253 e. The highest BCUT2D eigenvalue weighted by Gasteiger charge is 2.22. The Balaban J connectivity index is 1.97. The van der Waals surface area contributed by atoms with Gasteiger partial charge in [0.2, 0.25) is 0 Å². The van der Waals surface area contributed by atoms with Crippen LogP contribution in [0.3, 0.4) is 0 Å². The molecule has 4 heteroatoms. The second-order valence-corrected chi connectivity index (χ2v) is 5.04. The fraction of sp³-hybridized carbons (Fsp3) is 0.500. The minimum Gasteiger partial charge on any atom is -0.399 e. The lowest BCUT2D eigenvalue weighted by Crippen LogP contribution is -2.50. The first kappa shape index (κ1) is 12.9. The van der Waals surface area contributed by atoms with E-state index in [0.29, 0.717) is 11.7 Å². The van der Waals surface area contributed by atoms with E-state index in [-0.39, 0.29) is 5.91 Å². The van der Waals surface area contributed by atoms with E-state index in [1.807, 2.05) is 4.90 Å². The van der Waals surface area contributed by atoms with E-state index in [1.54, 1.807) is 24.3 Å². The van der Waals surface area contributed by atoms with Gasteiger partial charge in [-0.05, 0) is 38.1 Å². The zero-order valence-electron chi connectivity index (χ0n) is 11.1. The molecule has 0 bridgehead atoms. The summed E-state index contributed by atoms with van der Waals surface area (Å²) < 4.78 is 0. The monoisotopic (exact) mass is 247 g/mol. The molecule has 1 heterocycles. The third-order valence-corrected chi connectivity index (χ3v) is 3.49. The minimum absolute atomic E-state index is 0.110. The van der Waals surface area contributed by atoms with Gasteiger partial charge in [0.1, 0.15) is 0 Å². The van der Waals surface area contributed by atoms with Gasteiger partial charge in [0.15, 0.2) is 0 Å². The summed E-state index contributed by atoms with van der Waals surface area (Å²) in [4.78, 5) is 16.6. The van der Waals surface area contributed by atoms with Crippen molar-refractivity contribution in [3.63, 3.8) is 0 Å². The van der Waals surface area contributed by atoms with Gasteiger partial charge < -0.3 is 10.6 Å². The third-order valence-electron chi connectivity index (χ3n) is 3.49. The summed E-state index contributed by atoms with van der Waals surface area (Å²) in [5.41, 5.74) is 7.04. The average Bonchev–Trinajstić information content (AvgIpc) is 2.39. The number of nitrogens with zero attached hydrogens (tertiary/aromatic N) is 2. The number of hydrogen-bond acceptors (Lipinski definition) is 3. The molecule has 0 atom stereocenters. The molecular formula is C14H21N3O. The predicted octanol–water partition coefficient (Wildman–Crippen LogP) is 1.44. The first-order chi connectivity index (χ1) is 8.58. The van der Waals surface area contributed by atoms with Gasteiger partial charge in [-0.3, -0.25) is 9.69 Å². The minimum atomic E-state index is 0.110. The number of nitrogen functional groups attached to an aromatic ring is 1. The number of benzene rings is 1. The maximum absolute atomic E-state index is 12.3. The lowest BCUT2D eigenvalue weighted by atomic mass is 10.1. The molecule has 1 fully saturated rings. The van der Waals surface area contributed by atoms with Gasteiger partial charge in [-0.25, -0.2) is 0 Å². The van der Waals surface area contributed by atoms with Gasteiger partial charge in [-0.15, -0.1) is 0 Å². The molecule has 0 unspecified atom stereocenters. The molecule has 0 spiro atoms. The standard InChI is InChI=1S/C14H21N3O/c1-11(2)16-7-9-17(10-8-16)14(18)12-3-5-13(15)6-4-12/h3-6,11H,7-10,15H2,1-2H3. The average molecular weight is 247 g/mol. The van der Waals surface area contributed by atoms with Gasteiger partial charge >= 0.3 is 0 Å². The fourth-order valence-electron chi connectivity index (χ4n) is 2.25. The van der Waals surface area contributed by atoms with E-state index in [4.69, 9.17) is 5.73 Å². The number of nitrogens with two attached hydrogens (primary N) is 1. The first-order valence-electron chi connectivity index (χ1n) is 6.47. The SMILES string of the molecule is CC(C)N1CCN(C(=O)c2ccc(N)cc2)CC1. The quantitative estimate of drug-likeness (QED) is 0.804. The number of anilines is 1. The Morgan fingerprint density at radius 3 is 2.17 bits per heavy atom. The molecule has 0 radical (unpaired) electrons. The maximum Gasteiger partial charge on any atom is 0.253 e. The van der Waals surface area contributed by atoms with E-state index in [1.165, 1.54) is 0 Å². The van der Waals surface area contributed by atoms with Crippen LogP contribution in [-0.2, 0) is 0 Å². The predicted molar refractivity (Wildman–Crippen MR) is 73.5 cm³/mol. The fourth-order valence-corrected chi connectivity index (χ4v) is 2.25. The van der Waals surface area contributed by atoms with Crippen molar-refractivity contribution < 1.29 is 4.79 Å². The molecule has 1 saturated heterocycles. The molecule has 1 aliphatic rings. The Kier molecular flexibility index (Phi) is 3.87. The van der Waals surface area contributed by atoms with Crippen molar-refractivity contribution in [2.45, 2.75) is 19.9 Å². The highest BCUT2D eigenvalue weighted by molar-refractivity contribution is 5.94. The van der Waals surface area contributed by atoms with Crippen LogP contribution in [0.4, 0.5) is 5.69 Å². The maximum atomic E-state index is 12.3. The second-order valence-electron chi connectivity index (χ2n) is 5.04. The number of carbonyl (C=O) groups is 1. The largest absolute Gasteiger partial charge is 0.399 e. The molecule has 18 heavy (non-hydrogen) atoms. The van der Waals surface area contributed by atoms with E-state index in [9.17, 15) is 4.79 Å². The summed E-state index contributed by atoms with van der Waals surface area (Å²) in [5, 5.41) is 0. The molecule has 1 aliphatic heterocycles. The molecule has 1 aromatic carbocycles. The lowest BCUT2D eigenvalue weighted by Gasteiger charge is -2.37. The molecule has 1 aromatic rings. The van der Waals surface area contributed by atoms with Crippen LogP contribution < -0.4 is 5.73 Å². The van der Waals surface area contributed by atoms with Gasteiger partial charge in [-0.1, -0.05) is 0 Å². The van der Waals surface area contributed by atoms with Crippen LogP contribution in [0.1, 0.15) is 24.2 Å². The van der Waals surface area contributed by atoms with Gasteiger partial charge in [-0.2, -0.15) is 0 Å². The summed E-state index contributed by atoms with van der Waals surface area (Å²) in [7, 11) is 0. The van der Waals surface area contributed by atoms with Crippen molar-refractivity contribution in [2.75, 3.05) is 31.9 Å². The Labute approximate surface area is 108 Å². The van der Waals surface area contributed by atoms with E-state index >= 15 is 0 Å². The molecule has 0 aromatic heterocycles. The zero-order chi connectivity index (χ0) is 13.1. The molecule has 0 saturated carbocycles. The normalized spacial score (nSPS) is 17.2. The van der Waals surface area contributed by atoms with Crippen LogP contribution >= 0.6 is 0 Å². The highest BCUT2D eigenvalue weighted by Crippen LogP contribution is 2.12. The number of amides is 1. The summed E-state index contributed by atoms with van der Waals surface area (Å²) in [6.07, 6.45) is 0. The van der Waals surface area contributed by atoms with Gasteiger partial charge in [0, 0.05) is 43.5 Å². The zero-order valence-corrected chi connectivity index (χ0v) is 11.1. The number of carbonyl (C=O) groups excluding carboxylic acids is 1. The van der Waals surface area contributed by atoms with E-state index in [2.05, 4.69) is 18.7 Å². The van der Waals surface area contributed by atoms with Crippen LogP contribution in [0, 0.1) is 0 Å². The molecule has 0 aliphatic carbocycles. The van der Waals surface area contributed by atoms with E-state index < -0.39 is 0 Å². The van der Waals surface area contributed by atoms with Gasteiger partial charge in [0.25, 0.3) is 5.91 Å². The summed E-state index contributed by atoms with van der Waals surface area (Å²) in [5.74, 6) is 0.110. The number of rotatable bonds is 2. The van der Waals surface area contributed by atoms with Crippen molar-refractivity contribution in [3.05, 3.63) is 29.8 Å². The van der Waals surface area contributed by atoms with Crippen molar-refractivity contribution in [3.8, 4) is 0 Å². The summed E-state index contributed by atoms with van der Waals surface area (Å²) in [6.45, 7) is 7.91. The van der Waals surface area contributed by atoms with Gasteiger partial charge in [0.05, 0.1) is 0 Å². The molecule has 2 N–H and O–H groups in total. The van der Waals surface area contributed by atoms with E-state index in [0.717, 1.165) is 31.7 Å². The lowest BCUT2D eigenvalue weighted by molar-refractivity contribution is 0.0595. The Morgan fingerprint density at radius 1 is 1.11 bits per heavy atom. The van der Waals surface area contributed by atoms with Crippen LogP contribution in [0.25, 0.3) is 0 Å². The molecule has 4 nitrogen and oxygen atoms in total. The third kappa shape index (κ3) is 2.82. The Morgan fingerprint density at radius 2 is 1.67 bits per heavy atom.